The number of benzene rings is 3. The molecule has 0 aromatic heterocycles. The van der Waals surface area contributed by atoms with Gasteiger partial charge in [0.2, 0.25) is 0 Å². The molecular weight excluding hydrogens is 460 g/mol. The maximum Gasteiger partial charge on any atom is 0.276 e. The van der Waals surface area contributed by atoms with E-state index in [4.69, 9.17) is 10.1 Å². The Labute approximate surface area is 186 Å². The highest BCUT2D eigenvalue weighted by Gasteiger charge is 2.34. The number of amidine groups is 1. The second-order valence-electron chi connectivity index (χ2n) is 6.92. The predicted octanol–water partition coefficient (Wildman–Crippen LogP) is 3.66. The van der Waals surface area contributed by atoms with Gasteiger partial charge in [0.25, 0.3) is 5.91 Å². The molecule has 5 nitrogen and oxygen atoms in total. The number of fused-ring (bicyclic) bond motifs is 3. The Morgan fingerprint density at radius 3 is 2.80 bits per heavy atom. The van der Waals surface area contributed by atoms with Crippen LogP contribution in [0.15, 0.2) is 87.9 Å². The lowest BCUT2D eigenvalue weighted by molar-refractivity contribution is -0.116. The van der Waals surface area contributed by atoms with Crippen LogP contribution >= 0.6 is 27.7 Å². The first-order valence-electron chi connectivity index (χ1n) is 9.43. The molecule has 0 bridgehead atoms. The fourth-order valence-electron chi connectivity index (χ4n) is 3.64. The summed E-state index contributed by atoms with van der Waals surface area (Å²) in [6, 6.07) is 20.2. The summed E-state index contributed by atoms with van der Waals surface area (Å²) in [7, 11) is 0. The zero-order valence-electron chi connectivity index (χ0n) is 15.9. The van der Waals surface area contributed by atoms with Crippen molar-refractivity contribution < 1.29 is 4.79 Å². The van der Waals surface area contributed by atoms with Crippen molar-refractivity contribution in [2.75, 3.05) is 5.75 Å². The Morgan fingerprint density at radius 2 is 1.97 bits per heavy atom. The van der Waals surface area contributed by atoms with E-state index >= 15 is 0 Å². The molecule has 0 aliphatic carbocycles. The minimum absolute atomic E-state index is 0.184. The maximum atomic E-state index is 13.1. The molecule has 7 heteroatoms. The Bertz CT molecular complexity index is 1350. The molecule has 1 atom stereocenters. The Balaban J connectivity index is 1.72. The third-order valence-electron chi connectivity index (χ3n) is 4.98. The van der Waals surface area contributed by atoms with Crippen LogP contribution in [-0.2, 0) is 4.79 Å². The predicted molar refractivity (Wildman–Crippen MR) is 125 cm³/mol. The quantitative estimate of drug-likeness (QED) is 0.586. The second-order valence-corrected chi connectivity index (χ2v) is 8.85. The number of carbonyl (C=O) groups excluding carboxylic acids is 1. The highest BCUT2D eigenvalue weighted by Crippen LogP contribution is 2.32. The first kappa shape index (κ1) is 19.1. The molecular formula is C23H17BrN4OS. The van der Waals surface area contributed by atoms with E-state index in [1.165, 1.54) is 11.8 Å². The number of nitrogens with zero attached hydrogens (tertiary/aromatic N) is 3. The summed E-state index contributed by atoms with van der Waals surface area (Å²) in [6.07, 6.45) is 1.36. The van der Waals surface area contributed by atoms with Crippen LogP contribution in [-0.4, -0.2) is 21.8 Å². The first-order valence-corrected chi connectivity index (χ1v) is 11.2. The lowest BCUT2D eigenvalue weighted by Crippen LogP contribution is -2.50. The van der Waals surface area contributed by atoms with E-state index in [9.17, 15) is 4.79 Å². The summed E-state index contributed by atoms with van der Waals surface area (Å²) in [5, 5.41) is 13.7. The van der Waals surface area contributed by atoms with Gasteiger partial charge in [0.1, 0.15) is 5.70 Å². The van der Waals surface area contributed by atoms with Crippen molar-refractivity contribution in [3.63, 3.8) is 0 Å². The van der Waals surface area contributed by atoms with Crippen LogP contribution in [0.3, 0.4) is 0 Å². The van der Waals surface area contributed by atoms with Crippen LogP contribution in [0.4, 0.5) is 0 Å². The van der Waals surface area contributed by atoms with Gasteiger partial charge in [-0.1, -0.05) is 70.2 Å². The SMILES string of the molecule is C=CCSC1=NN2C(=c3cc(Br)ccc3=N[C@@H]2c2ccc3ccccc3c2)C(=O)N1. The lowest BCUT2D eigenvalue weighted by atomic mass is 10.0. The zero-order valence-corrected chi connectivity index (χ0v) is 18.3. The summed E-state index contributed by atoms with van der Waals surface area (Å²) in [4.78, 5) is 18.1. The maximum absolute atomic E-state index is 13.1. The fraction of sp³-hybridized carbons (Fsp3) is 0.0870. The van der Waals surface area contributed by atoms with Crippen LogP contribution in [0, 0.1) is 0 Å². The molecule has 30 heavy (non-hydrogen) atoms. The van der Waals surface area contributed by atoms with Crippen LogP contribution in [0.2, 0.25) is 0 Å². The molecule has 1 N–H and O–H groups in total. The number of hydrogen-bond donors (Lipinski definition) is 1. The largest absolute Gasteiger partial charge is 0.298 e. The minimum Gasteiger partial charge on any atom is -0.298 e. The van der Waals surface area contributed by atoms with Crippen molar-refractivity contribution in [2.45, 2.75) is 6.17 Å². The summed E-state index contributed by atoms with van der Waals surface area (Å²) in [5.74, 6) is 0.471. The zero-order chi connectivity index (χ0) is 20.7. The van der Waals surface area contributed by atoms with E-state index < -0.39 is 6.17 Å². The normalized spacial score (nSPS) is 17.6. The van der Waals surface area contributed by atoms with Crippen molar-refractivity contribution in [2.24, 2.45) is 10.1 Å². The van der Waals surface area contributed by atoms with Crippen LogP contribution in [0.5, 0.6) is 0 Å². The molecule has 3 aromatic rings. The molecule has 0 saturated carbocycles. The van der Waals surface area contributed by atoms with Crippen LogP contribution in [0.1, 0.15) is 11.7 Å². The van der Waals surface area contributed by atoms with E-state index in [1.807, 2.05) is 30.3 Å². The Kier molecular flexibility index (Phi) is 4.92. The van der Waals surface area contributed by atoms with Crippen molar-refractivity contribution in [1.29, 1.82) is 0 Å². The molecule has 5 rings (SSSR count). The minimum atomic E-state index is -0.427. The van der Waals surface area contributed by atoms with Gasteiger partial charge in [0.15, 0.2) is 11.3 Å². The molecule has 0 radical (unpaired) electrons. The topological polar surface area (TPSA) is 57.1 Å². The number of halogens is 1. The fourth-order valence-corrected chi connectivity index (χ4v) is 4.59. The van der Waals surface area contributed by atoms with Gasteiger partial charge in [-0.25, -0.2) is 5.01 Å². The average molecular weight is 477 g/mol. The van der Waals surface area contributed by atoms with Crippen molar-refractivity contribution in [1.82, 2.24) is 10.3 Å². The van der Waals surface area contributed by atoms with Gasteiger partial charge in [-0.3, -0.25) is 15.1 Å². The molecule has 2 heterocycles. The van der Waals surface area contributed by atoms with E-state index in [0.29, 0.717) is 16.6 Å². The van der Waals surface area contributed by atoms with Gasteiger partial charge in [-0.2, -0.15) is 0 Å². The van der Waals surface area contributed by atoms with E-state index in [2.05, 4.69) is 58.2 Å². The molecule has 0 spiro atoms. The molecule has 2 aliphatic heterocycles. The third-order valence-corrected chi connectivity index (χ3v) is 6.33. The Morgan fingerprint density at radius 1 is 1.13 bits per heavy atom. The molecule has 3 aromatic carbocycles. The molecule has 1 amide bonds. The molecule has 148 valence electrons. The van der Waals surface area contributed by atoms with Crippen molar-refractivity contribution in [3.05, 3.63) is 93.9 Å². The summed E-state index contributed by atoms with van der Waals surface area (Å²) in [5.41, 5.74) is 1.48. The van der Waals surface area contributed by atoms with Gasteiger partial charge in [0.05, 0.1) is 5.36 Å². The van der Waals surface area contributed by atoms with Gasteiger partial charge in [-0.05, 0) is 40.6 Å². The monoisotopic (exact) mass is 476 g/mol. The van der Waals surface area contributed by atoms with Crippen LogP contribution < -0.4 is 15.9 Å². The number of thioether (sulfide) groups is 1. The van der Waals surface area contributed by atoms with Gasteiger partial charge in [-0.15, -0.1) is 11.7 Å². The Hall–Kier alpha value is -2.90. The second kappa shape index (κ2) is 7.74. The summed E-state index contributed by atoms with van der Waals surface area (Å²) < 4.78 is 0.886. The van der Waals surface area contributed by atoms with Gasteiger partial charge in [0, 0.05) is 15.4 Å². The van der Waals surface area contributed by atoms with E-state index in [0.717, 1.165) is 31.4 Å². The lowest BCUT2D eigenvalue weighted by Gasteiger charge is -2.34. The number of carbonyl (C=O) groups is 1. The van der Waals surface area contributed by atoms with Crippen molar-refractivity contribution >= 4 is 55.2 Å². The summed E-state index contributed by atoms with van der Waals surface area (Å²) in [6.45, 7) is 3.75. The smallest absolute Gasteiger partial charge is 0.276 e. The van der Waals surface area contributed by atoms with E-state index in [1.54, 1.807) is 11.1 Å². The molecule has 0 saturated heterocycles. The number of hydrazone groups is 1. The number of rotatable bonds is 3. The van der Waals surface area contributed by atoms with Crippen molar-refractivity contribution in [3.8, 4) is 0 Å². The average Bonchev–Trinajstić information content (AvgIpc) is 2.76. The first-order chi connectivity index (χ1) is 14.6. The highest BCUT2D eigenvalue weighted by molar-refractivity contribution is 9.10. The van der Waals surface area contributed by atoms with E-state index in [-0.39, 0.29) is 5.91 Å². The summed E-state index contributed by atoms with van der Waals surface area (Å²) >= 11 is 4.94. The third kappa shape index (κ3) is 3.34. The highest BCUT2D eigenvalue weighted by atomic mass is 79.9. The number of amides is 1. The number of hydrogen-bond acceptors (Lipinski definition) is 5. The van der Waals surface area contributed by atoms with Gasteiger partial charge >= 0.3 is 0 Å². The molecule has 2 aliphatic rings. The van der Waals surface area contributed by atoms with Crippen LogP contribution in [0.25, 0.3) is 16.5 Å². The number of nitrogens with one attached hydrogen (secondary N) is 1. The molecule has 0 unspecified atom stereocenters. The van der Waals surface area contributed by atoms with Gasteiger partial charge < -0.3 is 0 Å². The standard InChI is InChI=1S/C23H17BrN4OS/c1-2-11-30-23-26-22(29)20-18-13-17(24)9-10-19(18)25-21(28(20)27-23)16-8-7-14-5-3-4-6-15(14)12-16/h2-10,12-13,21H,1,11H2,(H,26,27,29)/t21-/m0/s1. The molecule has 0 fully saturated rings.